The van der Waals surface area contributed by atoms with Crippen molar-refractivity contribution in [3.63, 3.8) is 0 Å². The summed E-state index contributed by atoms with van der Waals surface area (Å²) in [6, 6.07) is 42.7. The molecule has 0 aromatic heterocycles. The third-order valence-corrected chi connectivity index (χ3v) is 12.9. The first kappa shape index (κ1) is 37.2. The molecule has 1 amide bonds. The number of nitro groups is 1. The second-order valence-electron chi connectivity index (χ2n) is 14.1. The molecule has 0 spiro atoms. The second kappa shape index (κ2) is 16.2. The van der Waals surface area contributed by atoms with E-state index in [9.17, 15) is 23.3 Å². The molecule has 1 unspecified atom stereocenters. The van der Waals surface area contributed by atoms with Crippen LogP contribution in [0.4, 0.5) is 17.1 Å². The number of anilines is 2. The molecule has 0 saturated carbocycles. The Labute approximate surface area is 330 Å². The Morgan fingerprint density at radius 2 is 1.61 bits per heavy atom. The summed E-state index contributed by atoms with van der Waals surface area (Å²) in [6.45, 7) is 3.91. The monoisotopic (exact) mass is 783 g/mol. The highest BCUT2D eigenvalue weighted by molar-refractivity contribution is 7.99. The summed E-state index contributed by atoms with van der Waals surface area (Å²) < 4.78 is 28.8. The molecule has 1 saturated heterocycles. The van der Waals surface area contributed by atoms with Crippen LogP contribution in [0, 0.1) is 10.1 Å². The average molecular weight is 784 g/mol. The zero-order valence-electron chi connectivity index (χ0n) is 30.6. The Morgan fingerprint density at radius 3 is 2.46 bits per heavy atom. The van der Waals surface area contributed by atoms with Gasteiger partial charge in [-0.05, 0) is 88.3 Å². The van der Waals surface area contributed by atoms with Gasteiger partial charge in [0.1, 0.15) is 5.69 Å². The summed E-state index contributed by atoms with van der Waals surface area (Å²) in [4.78, 5) is 30.3. The first-order chi connectivity index (χ1) is 27.2. The second-order valence-corrected chi connectivity index (χ2v) is 17.0. The quantitative estimate of drug-likeness (QED) is 0.0545. The largest absolute Gasteiger partial charge is 0.379 e. The van der Waals surface area contributed by atoms with Crippen LogP contribution in [0.5, 0.6) is 0 Å². The zero-order valence-corrected chi connectivity index (χ0v) is 32.3. The molecular formula is C44H41N5O5S2. The van der Waals surface area contributed by atoms with Crippen LogP contribution in [0.3, 0.4) is 0 Å². The van der Waals surface area contributed by atoms with Crippen LogP contribution in [0.15, 0.2) is 143 Å². The minimum absolute atomic E-state index is 0.202. The number of thioether (sulfide) groups is 1. The van der Waals surface area contributed by atoms with E-state index in [2.05, 4.69) is 86.6 Å². The van der Waals surface area contributed by atoms with Crippen molar-refractivity contribution in [2.75, 3.05) is 42.1 Å². The number of rotatable bonds is 12. The van der Waals surface area contributed by atoms with E-state index >= 15 is 0 Å². The van der Waals surface area contributed by atoms with Crippen LogP contribution >= 0.6 is 11.8 Å². The molecule has 1 atom stereocenters. The van der Waals surface area contributed by atoms with Crippen molar-refractivity contribution in [1.82, 2.24) is 9.62 Å². The molecule has 1 fully saturated rings. The molecule has 284 valence electrons. The number of carbonyl (C=O) groups excluding carboxylic acids is 1. The highest BCUT2D eigenvalue weighted by Gasteiger charge is 2.33. The standard InChI is InChI=1S/C44H41N5O5S2/c50-44(46-56(53,54)37-20-21-41(43(28-37)49(51)52)45-23-26-55-36-12-2-1-3-13-36)33-18-22-42-32(27-33)17-19-35-30-47(24-25-48(35)42)29-34-10-5-7-15-39(34)40-16-8-11-31-9-4-6-14-38(31)40/h1-16,18,20-22,27-28,35,45H,17,19,23-26,29-30H2,(H,46,50). The molecule has 0 bridgehead atoms. The summed E-state index contributed by atoms with van der Waals surface area (Å²) in [7, 11) is -4.40. The zero-order chi connectivity index (χ0) is 38.6. The number of sulfonamides is 1. The lowest BCUT2D eigenvalue weighted by Gasteiger charge is -2.46. The number of aryl methyl sites for hydroxylation is 1. The van der Waals surface area contributed by atoms with Gasteiger partial charge in [-0.25, -0.2) is 13.1 Å². The van der Waals surface area contributed by atoms with Gasteiger partial charge >= 0.3 is 0 Å². The van der Waals surface area contributed by atoms with Crippen molar-refractivity contribution in [2.45, 2.75) is 35.2 Å². The van der Waals surface area contributed by atoms with E-state index in [4.69, 9.17) is 0 Å². The number of fused-ring (bicyclic) bond motifs is 4. The van der Waals surface area contributed by atoms with Crippen LogP contribution in [-0.2, 0) is 23.0 Å². The molecule has 12 heteroatoms. The number of nitro benzene ring substituents is 1. The fourth-order valence-electron chi connectivity index (χ4n) is 7.87. The van der Waals surface area contributed by atoms with Gasteiger partial charge in [-0.2, -0.15) is 0 Å². The van der Waals surface area contributed by atoms with Crippen LogP contribution in [0.2, 0.25) is 0 Å². The van der Waals surface area contributed by atoms with Gasteiger partial charge in [-0.1, -0.05) is 84.9 Å². The van der Waals surface area contributed by atoms with E-state index in [1.165, 1.54) is 39.6 Å². The maximum atomic E-state index is 13.3. The summed E-state index contributed by atoms with van der Waals surface area (Å²) in [5, 5.41) is 17.4. The maximum absolute atomic E-state index is 13.3. The minimum Gasteiger partial charge on any atom is -0.379 e. The first-order valence-electron chi connectivity index (χ1n) is 18.7. The van der Waals surface area contributed by atoms with Gasteiger partial charge in [0.25, 0.3) is 21.6 Å². The maximum Gasteiger partial charge on any atom is 0.293 e. The topological polar surface area (TPSA) is 125 Å². The minimum atomic E-state index is -4.40. The molecule has 0 aliphatic carbocycles. The number of nitrogens with zero attached hydrogens (tertiary/aromatic N) is 3. The fourth-order valence-corrected chi connectivity index (χ4v) is 9.65. The number of hydrogen-bond acceptors (Lipinski definition) is 9. The van der Waals surface area contributed by atoms with Crippen molar-refractivity contribution < 1.29 is 18.1 Å². The van der Waals surface area contributed by atoms with Gasteiger partial charge in [-0.3, -0.25) is 19.8 Å². The molecule has 0 radical (unpaired) electrons. The van der Waals surface area contributed by atoms with Gasteiger partial charge in [-0.15, -0.1) is 11.8 Å². The van der Waals surface area contributed by atoms with Gasteiger partial charge in [0.2, 0.25) is 0 Å². The number of amides is 1. The van der Waals surface area contributed by atoms with Crippen molar-refractivity contribution >= 4 is 55.5 Å². The summed E-state index contributed by atoms with van der Waals surface area (Å²) in [5.74, 6) is -0.135. The number of benzene rings is 6. The molecular weight excluding hydrogens is 743 g/mol. The lowest BCUT2D eigenvalue weighted by atomic mass is 9.91. The average Bonchev–Trinajstić information content (AvgIpc) is 3.22. The number of nitrogens with one attached hydrogen (secondary N) is 2. The third kappa shape index (κ3) is 7.99. The van der Waals surface area contributed by atoms with Gasteiger partial charge < -0.3 is 10.2 Å². The molecule has 8 rings (SSSR count). The molecule has 2 aliphatic rings. The van der Waals surface area contributed by atoms with Crippen molar-refractivity contribution in [1.29, 1.82) is 0 Å². The Balaban J connectivity index is 0.908. The normalized spacial score (nSPS) is 15.5. The number of hydrogen-bond donors (Lipinski definition) is 2. The highest BCUT2D eigenvalue weighted by Crippen LogP contribution is 2.36. The van der Waals surface area contributed by atoms with E-state index in [-0.39, 0.29) is 21.8 Å². The number of carbonyl (C=O) groups is 1. The smallest absolute Gasteiger partial charge is 0.293 e. The van der Waals surface area contributed by atoms with Crippen LogP contribution in [0.1, 0.15) is 27.9 Å². The van der Waals surface area contributed by atoms with Crippen LogP contribution in [-0.4, -0.2) is 62.1 Å². The van der Waals surface area contributed by atoms with E-state index < -0.39 is 20.9 Å². The molecule has 10 nitrogen and oxygen atoms in total. The molecule has 6 aromatic carbocycles. The molecule has 56 heavy (non-hydrogen) atoms. The van der Waals surface area contributed by atoms with Crippen molar-refractivity contribution in [2.24, 2.45) is 0 Å². The summed E-state index contributed by atoms with van der Waals surface area (Å²) in [6.07, 6.45) is 1.67. The Bertz CT molecular complexity index is 2530. The van der Waals surface area contributed by atoms with Crippen LogP contribution in [0.25, 0.3) is 21.9 Å². The number of piperazine rings is 1. The summed E-state index contributed by atoms with van der Waals surface area (Å²) >= 11 is 1.60. The van der Waals surface area contributed by atoms with E-state index in [0.717, 1.165) is 61.2 Å². The molecule has 6 aromatic rings. The Morgan fingerprint density at radius 1 is 0.839 bits per heavy atom. The third-order valence-electron chi connectivity index (χ3n) is 10.6. The van der Waals surface area contributed by atoms with E-state index in [1.54, 1.807) is 23.9 Å². The van der Waals surface area contributed by atoms with Crippen molar-refractivity contribution in [3.8, 4) is 11.1 Å². The molecule has 2 aliphatic heterocycles. The lowest BCUT2D eigenvalue weighted by Crippen LogP contribution is -2.54. The van der Waals surface area contributed by atoms with Gasteiger partial charge in [0.05, 0.1) is 9.82 Å². The SMILES string of the molecule is O=C(NS(=O)(=O)c1ccc(NCCSc2ccccc2)c([N+](=O)[O-])c1)c1ccc2c(c1)CCC1CN(Cc3ccccc3-c3cccc4ccccc34)CCN21. The first-order valence-corrected chi connectivity index (χ1v) is 21.2. The fraction of sp³-hybridized carbons (Fsp3) is 0.205. The highest BCUT2D eigenvalue weighted by atomic mass is 32.2. The van der Waals surface area contributed by atoms with Crippen molar-refractivity contribution in [3.05, 3.63) is 160 Å². The molecule has 2 N–H and O–H groups in total. The Hall–Kier alpha value is -5.69. The molecule has 2 heterocycles. The van der Waals surface area contributed by atoms with E-state index in [0.29, 0.717) is 18.3 Å². The predicted molar refractivity (Wildman–Crippen MR) is 224 cm³/mol. The van der Waals surface area contributed by atoms with Gasteiger partial charge in [0.15, 0.2) is 0 Å². The summed E-state index contributed by atoms with van der Waals surface area (Å²) in [5.41, 5.74) is 5.90. The van der Waals surface area contributed by atoms with E-state index in [1.807, 2.05) is 36.4 Å². The predicted octanol–water partition coefficient (Wildman–Crippen LogP) is 8.37. The van der Waals surface area contributed by atoms with Crippen LogP contribution < -0.4 is 14.9 Å². The van der Waals surface area contributed by atoms with Gasteiger partial charge in [0, 0.05) is 66.7 Å². The Kier molecular flexibility index (Phi) is 10.8. The lowest BCUT2D eigenvalue weighted by molar-refractivity contribution is -0.384.